The van der Waals surface area contributed by atoms with Gasteiger partial charge in [-0.05, 0) is 37.0 Å². The second kappa shape index (κ2) is 8.56. The molecule has 0 bridgehead atoms. The average molecular weight is 304 g/mol. The van der Waals surface area contributed by atoms with Gasteiger partial charge >= 0.3 is 7.60 Å². The van der Waals surface area contributed by atoms with Crippen molar-refractivity contribution in [2.45, 2.75) is 78.7 Å². The Morgan fingerprint density at radius 3 is 2.55 bits per heavy atom. The van der Waals surface area contributed by atoms with Crippen LogP contribution in [-0.2, 0) is 9.09 Å². The van der Waals surface area contributed by atoms with Crippen LogP contribution >= 0.6 is 7.60 Å². The van der Waals surface area contributed by atoms with Crippen molar-refractivity contribution >= 4 is 7.60 Å². The van der Waals surface area contributed by atoms with Crippen LogP contribution in [0.1, 0.15) is 72.6 Å². The third kappa shape index (κ3) is 6.28. The van der Waals surface area contributed by atoms with Crippen molar-refractivity contribution in [2.75, 3.05) is 6.16 Å². The van der Waals surface area contributed by atoms with Gasteiger partial charge in [0.15, 0.2) is 0 Å². The Balaban J connectivity index is 2.51. The van der Waals surface area contributed by atoms with Crippen LogP contribution in [0.3, 0.4) is 0 Å². The summed E-state index contributed by atoms with van der Waals surface area (Å²) in [6.45, 7) is 8.75. The zero-order valence-corrected chi connectivity index (χ0v) is 14.6. The average Bonchev–Trinajstić information content (AvgIpc) is 2.34. The van der Waals surface area contributed by atoms with Gasteiger partial charge in [0.05, 0.1) is 6.10 Å². The highest BCUT2D eigenvalue weighted by Crippen LogP contribution is 2.49. The fraction of sp³-hybridized carbons (Fsp3) is 1.00. The first-order valence-corrected chi connectivity index (χ1v) is 10.1. The van der Waals surface area contributed by atoms with Gasteiger partial charge in [-0.25, -0.2) is 0 Å². The summed E-state index contributed by atoms with van der Waals surface area (Å²) in [5.74, 6) is 1.56. The van der Waals surface area contributed by atoms with E-state index in [4.69, 9.17) is 4.52 Å². The van der Waals surface area contributed by atoms with E-state index in [0.717, 1.165) is 38.5 Å². The van der Waals surface area contributed by atoms with Gasteiger partial charge in [-0.1, -0.05) is 53.4 Å². The lowest BCUT2D eigenvalue weighted by Gasteiger charge is -2.37. The molecule has 0 amide bonds. The SMILES string of the molecule is CCCCCCP(=O)(O)O[C@H]1C[C@@H](C)CC[C@@H]1C(C)C. The predicted molar refractivity (Wildman–Crippen MR) is 85.1 cm³/mol. The molecule has 3 nitrogen and oxygen atoms in total. The van der Waals surface area contributed by atoms with Crippen LogP contribution in [0.5, 0.6) is 0 Å². The molecule has 0 aromatic rings. The van der Waals surface area contributed by atoms with Gasteiger partial charge < -0.3 is 9.42 Å². The Hall–Kier alpha value is 0.150. The Kier molecular flexibility index (Phi) is 7.79. The van der Waals surface area contributed by atoms with Crippen molar-refractivity contribution in [2.24, 2.45) is 17.8 Å². The van der Waals surface area contributed by atoms with Gasteiger partial charge in [0.25, 0.3) is 0 Å². The summed E-state index contributed by atoms with van der Waals surface area (Å²) in [6.07, 6.45) is 7.68. The Morgan fingerprint density at radius 1 is 1.25 bits per heavy atom. The second-order valence-corrected chi connectivity index (χ2v) is 8.82. The number of hydrogen-bond acceptors (Lipinski definition) is 2. The highest BCUT2D eigenvalue weighted by molar-refractivity contribution is 7.52. The zero-order chi connectivity index (χ0) is 15.2. The molecule has 4 heteroatoms. The molecule has 0 aliphatic heterocycles. The van der Waals surface area contributed by atoms with E-state index in [0.29, 0.717) is 23.9 Å². The Labute approximate surface area is 125 Å². The maximum absolute atomic E-state index is 12.3. The van der Waals surface area contributed by atoms with Gasteiger partial charge in [-0.3, -0.25) is 4.57 Å². The quantitative estimate of drug-likeness (QED) is 0.493. The summed E-state index contributed by atoms with van der Waals surface area (Å²) in [4.78, 5) is 10.1. The van der Waals surface area contributed by atoms with E-state index in [1.807, 2.05) is 0 Å². The van der Waals surface area contributed by atoms with Crippen LogP contribution in [0.25, 0.3) is 0 Å². The fourth-order valence-corrected chi connectivity index (χ4v) is 4.63. The maximum Gasteiger partial charge on any atom is 0.328 e. The lowest BCUT2D eigenvalue weighted by Crippen LogP contribution is -2.33. The van der Waals surface area contributed by atoms with Crippen LogP contribution in [0.4, 0.5) is 0 Å². The van der Waals surface area contributed by atoms with E-state index >= 15 is 0 Å². The number of hydrogen-bond donors (Lipinski definition) is 1. The summed E-state index contributed by atoms with van der Waals surface area (Å²) in [5, 5.41) is 0. The molecule has 1 rings (SSSR count). The summed E-state index contributed by atoms with van der Waals surface area (Å²) >= 11 is 0. The fourth-order valence-electron chi connectivity index (χ4n) is 3.24. The molecular formula is C16H33O3P. The van der Waals surface area contributed by atoms with Gasteiger partial charge in [0.1, 0.15) is 0 Å². The van der Waals surface area contributed by atoms with E-state index < -0.39 is 7.60 Å². The molecule has 20 heavy (non-hydrogen) atoms. The first-order chi connectivity index (χ1) is 9.35. The molecular weight excluding hydrogens is 271 g/mol. The van der Waals surface area contributed by atoms with Crippen molar-refractivity contribution < 1.29 is 14.0 Å². The van der Waals surface area contributed by atoms with Crippen LogP contribution in [0.2, 0.25) is 0 Å². The van der Waals surface area contributed by atoms with Gasteiger partial charge in [0.2, 0.25) is 0 Å². The van der Waals surface area contributed by atoms with Crippen molar-refractivity contribution in [3.63, 3.8) is 0 Å². The van der Waals surface area contributed by atoms with Crippen LogP contribution in [0, 0.1) is 17.8 Å². The molecule has 0 aromatic carbocycles. The molecule has 1 aliphatic rings. The Morgan fingerprint density at radius 2 is 1.95 bits per heavy atom. The standard InChI is InChI=1S/C16H33O3P/c1-5-6-7-8-11-20(17,18)19-16-12-14(4)9-10-15(16)13(2)3/h13-16H,5-12H2,1-4H3,(H,17,18)/t14-,15+,16-/m0/s1. The first kappa shape index (κ1) is 18.2. The van der Waals surface area contributed by atoms with Crippen molar-refractivity contribution in [1.82, 2.24) is 0 Å². The number of unbranched alkanes of at least 4 members (excludes halogenated alkanes) is 3. The molecule has 0 radical (unpaired) electrons. The molecule has 0 aromatic heterocycles. The van der Waals surface area contributed by atoms with Crippen molar-refractivity contribution in [3.8, 4) is 0 Å². The molecule has 1 aliphatic carbocycles. The summed E-state index contributed by atoms with van der Waals surface area (Å²) in [6, 6.07) is 0. The third-order valence-electron chi connectivity index (χ3n) is 4.56. The first-order valence-electron chi connectivity index (χ1n) is 8.36. The van der Waals surface area contributed by atoms with Crippen LogP contribution in [-0.4, -0.2) is 17.2 Å². The molecule has 120 valence electrons. The summed E-state index contributed by atoms with van der Waals surface area (Å²) in [7, 11) is -3.40. The smallest absolute Gasteiger partial charge is 0.324 e. The minimum Gasteiger partial charge on any atom is -0.324 e. The topological polar surface area (TPSA) is 46.5 Å². The minimum atomic E-state index is -3.40. The highest BCUT2D eigenvalue weighted by Gasteiger charge is 2.35. The zero-order valence-electron chi connectivity index (χ0n) is 13.7. The summed E-state index contributed by atoms with van der Waals surface area (Å²) < 4.78 is 18.0. The van der Waals surface area contributed by atoms with E-state index in [9.17, 15) is 9.46 Å². The van der Waals surface area contributed by atoms with Crippen molar-refractivity contribution in [1.29, 1.82) is 0 Å². The minimum absolute atomic E-state index is 0.0271. The molecule has 1 unspecified atom stereocenters. The van der Waals surface area contributed by atoms with E-state index in [1.165, 1.54) is 6.42 Å². The molecule has 0 saturated heterocycles. The molecule has 1 saturated carbocycles. The Bertz CT molecular complexity index is 317. The van der Waals surface area contributed by atoms with Gasteiger partial charge in [0, 0.05) is 6.16 Å². The second-order valence-electron chi connectivity index (χ2n) is 6.89. The molecule has 0 heterocycles. The summed E-state index contributed by atoms with van der Waals surface area (Å²) in [5.41, 5.74) is 0. The van der Waals surface area contributed by atoms with Crippen LogP contribution < -0.4 is 0 Å². The molecule has 0 spiro atoms. The van der Waals surface area contributed by atoms with E-state index in [2.05, 4.69) is 27.7 Å². The highest BCUT2D eigenvalue weighted by atomic mass is 31.2. The van der Waals surface area contributed by atoms with E-state index in [-0.39, 0.29) is 6.10 Å². The normalized spacial score (nSPS) is 30.4. The molecule has 1 fully saturated rings. The molecule has 4 atom stereocenters. The van der Waals surface area contributed by atoms with E-state index in [1.54, 1.807) is 0 Å². The predicted octanol–water partition coefficient (Wildman–Crippen LogP) is 5.23. The van der Waals surface area contributed by atoms with Crippen LogP contribution in [0.15, 0.2) is 0 Å². The number of rotatable bonds is 8. The maximum atomic E-state index is 12.3. The van der Waals surface area contributed by atoms with Gasteiger partial charge in [-0.15, -0.1) is 0 Å². The lowest BCUT2D eigenvalue weighted by atomic mass is 9.75. The van der Waals surface area contributed by atoms with Gasteiger partial charge in [-0.2, -0.15) is 0 Å². The lowest BCUT2D eigenvalue weighted by molar-refractivity contribution is 0.0377. The molecule has 1 N–H and O–H groups in total. The van der Waals surface area contributed by atoms with Crippen molar-refractivity contribution in [3.05, 3.63) is 0 Å². The largest absolute Gasteiger partial charge is 0.328 e. The monoisotopic (exact) mass is 304 g/mol. The third-order valence-corrected chi connectivity index (χ3v) is 6.04.